The molecule has 3 aliphatic rings. The number of halogens is 3. The average molecular weight is 562 g/mol. The van der Waals surface area contributed by atoms with Gasteiger partial charge in [0.15, 0.2) is 0 Å². The number of methoxy groups -OCH3 is 1. The fourth-order valence-electron chi connectivity index (χ4n) is 6.28. The first-order valence-corrected chi connectivity index (χ1v) is 14.1. The minimum absolute atomic E-state index is 0.117. The summed E-state index contributed by atoms with van der Waals surface area (Å²) in [6.07, 6.45) is 3.59. The van der Waals surface area contributed by atoms with Crippen molar-refractivity contribution in [1.29, 1.82) is 0 Å². The SMILES string of the molecule is COCc1ccc(C2(O)CCC(NC3CCN(C(=O)C4CCN(c5cc(C(F)(F)F)ccn5)CC4)C3)CC2)nc1. The number of aromatic nitrogens is 2. The van der Waals surface area contributed by atoms with E-state index in [0.717, 1.165) is 37.0 Å². The van der Waals surface area contributed by atoms with Crippen molar-refractivity contribution in [3.63, 3.8) is 0 Å². The highest BCUT2D eigenvalue weighted by Crippen LogP contribution is 2.37. The van der Waals surface area contributed by atoms with Gasteiger partial charge >= 0.3 is 6.18 Å². The molecule has 0 bridgehead atoms. The highest BCUT2D eigenvalue weighted by atomic mass is 19.4. The monoisotopic (exact) mass is 561 g/mol. The molecule has 11 heteroatoms. The molecule has 1 saturated carbocycles. The number of aliphatic hydroxyl groups is 1. The molecule has 3 fully saturated rings. The van der Waals surface area contributed by atoms with Crippen molar-refractivity contribution in [2.45, 2.75) is 75.4 Å². The standard InChI is InChI=1S/C29H38F3N5O3/c1-40-19-20-2-3-25(34-17-20)28(39)10-4-23(5-11-28)35-24-9-15-37(18-24)27(38)21-7-13-36(14-8-21)26-16-22(6-12-33-26)29(30,31)32/h2-3,6,12,16-17,21,23-24,35,39H,4-5,7-11,13-15,18-19H2,1H3. The number of pyridine rings is 2. The van der Waals surface area contributed by atoms with E-state index in [0.29, 0.717) is 70.0 Å². The van der Waals surface area contributed by atoms with Gasteiger partial charge in [-0.2, -0.15) is 13.2 Å². The second-order valence-corrected chi connectivity index (χ2v) is 11.4. The zero-order valence-electron chi connectivity index (χ0n) is 22.9. The summed E-state index contributed by atoms with van der Waals surface area (Å²) < 4.78 is 44.4. The Hall–Kier alpha value is -2.76. The molecule has 218 valence electrons. The maximum atomic E-state index is 13.2. The Morgan fingerprint density at radius 1 is 1.07 bits per heavy atom. The molecular formula is C29H38F3N5O3. The van der Waals surface area contributed by atoms with Gasteiger partial charge < -0.3 is 25.0 Å². The highest BCUT2D eigenvalue weighted by Gasteiger charge is 2.38. The van der Waals surface area contributed by atoms with Gasteiger partial charge in [-0.1, -0.05) is 6.07 Å². The van der Waals surface area contributed by atoms with Gasteiger partial charge in [-0.3, -0.25) is 9.78 Å². The zero-order chi connectivity index (χ0) is 28.3. The number of amides is 1. The van der Waals surface area contributed by atoms with Crippen LogP contribution in [0.2, 0.25) is 0 Å². The van der Waals surface area contributed by atoms with E-state index in [1.807, 2.05) is 21.9 Å². The Morgan fingerprint density at radius 2 is 1.82 bits per heavy atom. The Balaban J connectivity index is 1.06. The number of nitrogens with zero attached hydrogens (tertiary/aromatic N) is 4. The number of alkyl halides is 3. The molecule has 8 nitrogen and oxygen atoms in total. The number of hydrogen-bond donors (Lipinski definition) is 2. The number of hydrogen-bond acceptors (Lipinski definition) is 7. The first-order chi connectivity index (χ1) is 19.1. The lowest BCUT2D eigenvalue weighted by Crippen LogP contribution is -2.46. The predicted octanol–water partition coefficient (Wildman–Crippen LogP) is 3.88. The van der Waals surface area contributed by atoms with Gasteiger partial charge in [-0.15, -0.1) is 0 Å². The van der Waals surface area contributed by atoms with Gasteiger partial charge in [0, 0.05) is 63.7 Å². The summed E-state index contributed by atoms with van der Waals surface area (Å²) in [4.78, 5) is 25.6. The number of nitrogens with one attached hydrogen (secondary N) is 1. The highest BCUT2D eigenvalue weighted by molar-refractivity contribution is 5.79. The van der Waals surface area contributed by atoms with E-state index in [2.05, 4.69) is 15.3 Å². The van der Waals surface area contributed by atoms with Crippen LogP contribution in [0.3, 0.4) is 0 Å². The van der Waals surface area contributed by atoms with E-state index in [9.17, 15) is 23.1 Å². The molecule has 0 aromatic carbocycles. The summed E-state index contributed by atoms with van der Waals surface area (Å²) in [6, 6.07) is 6.41. The minimum Gasteiger partial charge on any atom is -0.384 e. The second kappa shape index (κ2) is 12.0. The summed E-state index contributed by atoms with van der Waals surface area (Å²) in [5.41, 5.74) is 0.0595. The minimum atomic E-state index is -4.40. The average Bonchev–Trinajstić information content (AvgIpc) is 3.43. The van der Waals surface area contributed by atoms with E-state index in [1.165, 1.54) is 6.20 Å². The van der Waals surface area contributed by atoms with Gasteiger partial charge in [0.2, 0.25) is 5.91 Å². The number of anilines is 1. The lowest BCUT2D eigenvalue weighted by atomic mass is 9.79. The first-order valence-electron chi connectivity index (χ1n) is 14.1. The van der Waals surface area contributed by atoms with Crippen LogP contribution in [-0.2, 0) is 27.9 Å². The van der Waals surface area contributed by atoms with Gasteiger partial charge in [0.1, 0.15) is 11.4 Å². The molecule has 1 atom stereocenters. The van der Waals surface area contributed by atoms with Crippen molar-refractivity contribution in [3.05, 3.63) is 53.5 Å². The summed E-state index contributed by atoms with van der Waals surface area (Å²) in [7, 11) is 1.64. The number of carbonyl (C=O) groups excluding carboxylic acids is 1. The summed E-state index contributed by atoms with van der Waals surface area (Å²) >= 11 is 0. The Morgan fingerprint density at radius 3 is 2.48 bits per heavy atom. The van der Waals surface area contributed by atoms with E-state index in [-0.39, 0.29) is 23.9 Å². The number of likely N-dealkylation sites (tertiary alicyclic amines) is 1. The van der Waals surface area contributed by atoms with Crippen molar-refractivity contribution >= 4 is 11.7 Å². The Labute approximate surface area is 232 Å². The normalized spacial score (nSPS) is 26.3. The van der Waals surface area contributed by atoms with Gasteiger partial charge in [0.25, 0.3) is 0 Å². The van der Waals surface area contributed by atoms with Crippen molar-refractivity contribution in [1.82, 2.24) is 20.2 Å². The third-order valence-corrected chi connectivity index (χ3v) is 8.64. The third kappa shape index (κ3) is 6.58. The maximum absolute atomic E-state index is 13.2. The van der Waals surface area contributed by atoms with Gasteiger partial charge in [-0.25, -0.2) is 4.98 Å². The molecule has 5 rings (SSSR count). The third-order valence-electron chi connectivity index (χ3n) is 8.64. The molecule has 1 aliphatic carbocycles. The molecule has 2 aromatic rings. The summed E-state index contributed by atoms with van der Waals surface area (Å²) in [5, 5.41) is 14.9. The lowest BCUT2D eigenvalue weighted by molar-refractivity contribution is -0.137. The van der Waals surface area contributed by atoms with E-state index < -0.39 is 17.3 Å². The van der Waals surface area contributed by atoms with Crippen LogP contribution < -0.4 is 10.2 Å². The quantitative estimate of drug-likeness (QED) is 0.530. The molecule has 0 spiro atoms. The van der Waals surface area contributed by atoms with E-state index in [4.69, 9.17) is 4.74 Å². The first kappa shape index (κ1) is 28.8. The molecule has 40 heavy (non-hydrogen) atoms. The van der Waals surface area contributed by atoms with Crippen LogP contribution >= 0.6 is 0 Å². The van der Waals surface area contributed by atoms with Gasteiger partial charge in [0.05, 0.1) is 17.9 Å². The molecule has 1 unspecified atom stereocenters. The maximum Gasteiger partial charge on any atom is 0.416 e. The van der Waals surface area contributed by atoms with Crippen molar-refractivity contribution in [2.75, 3.05) is 38.2 Å². The van der Waals surface area contributed by atoms with Crippen LogP contribution in [0.15, 0.2) is 36.7 Å². The molecule has 2 N–H and O–H groups in total. The largest absolute Gasteiger partial charge is 0.416 e. The van der Waals surface area contributed by atoms with Crippen LogP contribution in [0.4, 0.5) is 19.0 Å². The molecule has 2 aromatic heterocycles. The lowest BCUT2D eigenvalue weighted by Gasteiger charge is -2.37. The summed E-state index contributed by atoms with van der Waals surface area (Å²) in [5.74, 6) is 0.333. The fourth-order valence-corrected chi connectivity index (χ4v) is 6.28. The number of piperidine rings is 1. The van der Waals surface area contributed by atoms with Gasteiger partial charge in [-0.05, 0) is 68.7 Å². The number of carbonyl (C=O) groups is 1. The summed E-state index contributed by atoms with van der Waals surface area (Å²) in [6.45, 7) is 2.89. The van der Waals surface area contributed by atoms with Crippen LogP contribution in [0.5, 0.6) is 0 Å². The topological polar surface area (TPSA) is 90.8 Å². The van der Waals surface area contributed by atoms with Crippen LogP contribution in [0, 0.1) is 5.92 Å². The Bertz CT molecular complexity index is 1150. The van der Waals surface area contributed by atoms with Crippen LogP contribution in [0.1, 0.15) is 61.8 Å². The molecule has 4 heterocycles. The molecule has 1 amide bonds. The van der Waals surface area contributed by atoms with Crippen LogP contribution in [0.25, 0.3) is 0 Å². The zero-order valence-corrected chi connectivity index (χ0v) is 22.9. The molecular weight excluding hydrogens is 523 g/mol. The Kier molecular flexibility index (Phi) is 8.63. The molecule has 2 aliphatic heterocycles. The second-order valence-electron chi connectivity index (χ2n) is 11.4. The number of ether oxygens (including phenoxy) is 1. The van der Waals surface area contributed by atoms with Crippen molar-refractivity contribution in [3.8, 4) is 0 Å². The van der Waals surface area contributed by atoms with E-state index >= 15 is 0 Å². The molecule has 0 radical (unpaired) electrons. The van der Waals surface area contributed by atoms with Crippen LogP contribution in [-0.4, -0.2) is 71.3 Å². The molecule has 2 saturated heterocycles. The predicted molar refractivity (Wildman–Crippen MR) is 143 cm³/mol. The fraction of sp³-hybridized carbons (Fsp3) is 0.621. The van der Waals surface area contributed by atoms with Crippen molar-refractivity contribution < 1.29 is 27.8 Å². The van der Waals surface area contributed by atoms with E-state index in [1.54, 1.807) is 13.3 Å². The smallest absolute Gasteiger partial charge is 0.384 e. The van der Waals surface area contributed by atoms with Crippen molar-refractivity contribution in [2.24, 2.45) is 5.92 Å². The number of rotatable bonds is 7.